The van der Waals surface area contributed by atoms with Crippen LogP contribution in [-0.4, -0.2) is 176 Å². The minimum Gasteiger partial charge on any atom is -0.459 e. The standard InChI is InChI=1S/C22H28F3N3O3.C21H31F3N2O5.C17H24F3NO3/c1-21(2,3)20(30)31-19-16-9-13-8-15(27(16)12-14-6-4-5-7-26-14)18(19)28(11-13)17(29)10-22(23,24)25;1-19(2,3)17(28)30-16-13-8-11-7-12(26(13)18(29)31-20(4,5)6)15(16)25(10-11)14(27)9-21(22,23)24;1-16(2,3)15(23)24-14-11-5-9-4-10(6-11)13(14)21(8-9)12(22)7-17(18,19)20/h4-7,13,15-16,18-19H,8-12H2,1-3H3;11-13,15-16H,7-10H2,1-6H3;9-11,13-14H,4-8H2,1-3H3/t13?,15-,16+,18?,19+;11?,12-,13+,15?,16+;9?,10-,11+,13?,14-/m110/s1. The van der Waals surface area contributed by atoms with Crippen LogP contribution < -0.4 is 0 Å². The van der Waals surface area contributed by atoms with E-state index in [0.717, 1.165) is 31.4 Å². The Labute approximate surface area is 496 Å². The fourth-order valence-electron chi connectivity index (χ4n) is 14.7. The van der Waals surface area contributed by atoms with Crippen LogP contribution in [0.1, 0.15) is 153 Å². The number of amides is 4. The van der Waals surface area contributed by atoms with E-state index < -0.39 is 144 Å². The van der Waals surface area contributed by atoms with Crippen molar-refractivity contribution >= 4 is 41.7 Å². The van der Waals surface area contributed by atoms with Crippen LogP contribution in [0.2, 0.25) is 0 Å². The summed E-state index contributed by atoms with van der Waals surface area (Å²) in [6.45, 7) is 22.0. The molecule has 86 heavy (non-hydrogen) atoms. The van der Waals surface area contributed by atoms with Crippen molar-refractivity contribution in [3.05, 3.63) is 30.1 Å². The van der Waals surface area contributed by atoms with Gasteiger partial charge in [-0.1, -0.05) is 6.07 Å². The highest BCUT2D eigenvalue weighted by Gasteiger charge is 2.65. The SMILES string of the molecule is CC(C)(C)C(=O)O[C@@H]1C2[C@H]3CC(C[C@@H]1C3)CN2C(=O)CC(F)(F)F.CC(C)(C)C(=O)O[C@@H]1C2[C@H]3CC(C[C@@H]1N3Cc1ccccn1)CN2C(=O)CC(F)(F)F.CC(C)(C)OC(=O)N1[C@@H]2CC3C[C@H]1[C@H](OC(=O)C(C)(C)C)C2N(C(=O)CC(F)(F)F)C3. The van der Waals surface area contributed by atoms with Gasteiger partial charge in [-0.05, 0) is 170 Å². The Morgan fingerprint density at radius 2 is 0.872 bits per heavy atom. The minimum atomic E-state index is -4.64. The fraction of sp³-hybridized carbons (Fsp3) is 0.800. The molecule has 9 bridgehead atoms. The number of esters is 3. The van der Waals surface area contributed by atoms with E-state index in [0.29, 0.717) is 32.4 Å². The maximum atomic E-state index is 13.0. The van der Waals surface area contributed by atoms with Gasteiger partial charge >= 0.3 is 42.5 Å². The number of carbonyl (C=O) groups is 7. The summed E-state index contributed by atoms with van der Waals surface area (Å²) in [4.78, 5) is 100.0. The predicted molar refractivity (Wildman–Crippen MR) is 289 cm³/mol. The molecule has 1 aromatic rings. The van der Waals surface area contributed by atoms with Gasteiger partial charge in [0.2, 0.25) is 17.7 Å². The second-order valence-electron chi connectivity index (χ2n) is 29.3. The van der Waals surface area contributed by atoms with E-state index in [1.54, 1.807) is 89.3 Å². The predicted octanol–water partition coefficient (Wildman–Crippen LogP) is 9.82. The summed E-state index contributed by atoms with van der Waals surface area (Å²) in [5, 5.41) is 0. The number of alkyl halides is 9. The molecule has 2 aliphatic carbocycles. The average Bonchev–Trinajstić information content (AvgIpc) is 1.60. The van der Waals surface area contributed by atoms with Crippen LogP contribution in [0.3, 0.4) is 0 Å². The van der Waals surface area contributed by atoms with Gasteiger partial charge in [0.15, 0.2) is 0 Å². The molecule has 10 rings (SSSR count). The van der Waals surface area contributed by atoms with Crippen molar-refractivity contribution in [2.24, 2.45) is 45.8 Å². The van der Waals surface area contributed by atoms with Gasteiger partial charge in [0.1, 0.15) is 43.2 Å². The molecule has 9 aliphatic rings. The summed E-state index contributed by atoms with van der Waals surface area (Å²) in [5.74, 6) is -3.61. The number of aromatic nitrogens is 1. The van der Waals surface area contributed by atoms with Crippen molar-refractivity contribution in [1.29, 1.82) is 0 Å². The molecule has 0 N–H and O–H groups in total. The van der Waals surface area contributed by atoms with Crippen molar-refractivity contribution < 1.29 is 92.0 Å². The summed E-state index contributed by atoms with van der Waals surface area (Å²) in [7, 11) is 0. The van der Waals surface area contributed by atoms with Crippen LogP contribution in [0.25, 0.3) is 0 Å². The van der Waals surface area contributed by atoms with Gasteiger partial charge in [-0.25, -0.2) is 4.79 Å². The van der Waals surface area contributed by atoms with Gasteiger partial charge < -0.3 is 33.6 Å². The van der Waals surface area contributed by atoms with E-state index in [9.17, 15) is 73.1 Å². The van der Waals surface area contributed by atoms with Crippen molar-refractivity contribution in [2.75, 3.05) is 19.6 Å². The third-order valence-electron chi connectivity index (χ3n) is 17.9. The maximum Gasteiger partial charge on any atom is 0.410 e. The van der Waals surface area contributed by atoms with Crippen LogP contribution >= 0.6 is 0 Å². The highest BCUT2D eigenvalue weighted by atomic mass is 19.4. The Morgan fingerprint density at radius 1 is 0.477 bits per heavy atom. The molecule has 0 radical (unpaired) electrons. The summed E-state index contributed by atoms with van der Waals surface area (Å²) in [5.41, 5.74) is -2.19. The lowest BCUT2D eigenvalue weighted by molar-refractivity contribution is -0.173. The van der Waals surface area contributed by atoms with Crippen LogP contribution in [-0.2, 0) is 54.3 Å². The van der Waals surface area contributed by atoms with E-state index in [1.165, 1.54) is 19.6 Å². The molecule has 2 saturated carbocycles. The molecule has 0 spiro atoms. The number of nitrogens with zero attached hydrogens (tertiary/aromatic N) is 6. The summed E-state index contributed by atoms with van der Waals surface area (Å²) in [6, 6.07) is 2.41. The van der Waals surface area contributed by atoms with Crippen molar-refractivity contribution in [3.8, 4) is 0 Å². The molecule has 15 atom stereocenters. The van der Waals surface area contributed by atoms with E-state index in [-0.39, 0.29) is 60.7 Å². The van der Waals surface area contributed by atoms with E-state index in [1.807, 2.05) is 18.2 Å². The molecule has 26 heteroatoms. The quantitative estimate of drug-likeness (QED) is 0.136. The lowest BCUT2D eigenvalue weighted by Crippen LogP contribution is -2.59. The third-order valence-corrected chi connectivity index (χ3v) is 17.9. The Morgan fingerprint density at radius 3 is 1.31 bits per heavy atom. The van der Waals surface area contributed by atoms with Gasteiger partial charge in [-0.15, -0.1) is 0 Å². The number of halogens is 9. The molecule has 482 valence electrons. The van der Waals surface area contributed by atoms with E-state index >= 15 is 0 Å². The highest BCUT2D eigenvalue weighted by molar-refractivity contribution is 5.81. The lowest BCUT2D eigenvalue weighted by atomic mass is 9.78. The number of hydrogen-bond donors (Lipinski definition) is 0. The summed E-state index contributed by atoms with van der Waals surface area (Å²) >= 11 is 0. The van der Waals surface area contributed by atoms with Gasteiger partial charge in [0.05, 0.1) is 52.1 Å². The summed E-state index contributed by atoms with van der Waals surface area (Å²) < 4.78 is 139. The second kappa shape index (κ2) is 23.8. The molecule has 7 saturated heterocycles. The van der Waals surface area contributed by atoms with Crippen molar-refractivity contribution in [2.45, 2.75) is 239 Å². The molecule has 1 aromatic heterocycles. The number of piperidine rings is 5. The molecule has 0 aromatic carbocycles. The van der Waals surface area contributed by atoms with Gasteiger partial charge in [0.25, 0.3) is 0 Å². The second-order valence-corrected chi connectivity index (χ2v) is 29.3. The van der Waals surface area contributed by atoms with Crippen LogP contribution in [0.5, 0.6) is 0 Å². The first kappa shape index (κ1) is 66.5. The first-order valence-electron chi connectivity index (χ1n) is 29.8. The Hall–Kier alpha value is -5.43. The molecule has 6 unspecified atom stereocenters. The van der Waals surface area contributed by atoms with Crippen LogP contribution in [0.4, 0.5) is 44.3 Å². The smallest absolute Gasteiger partial charge is 0.410 e. The number of pyridine rings is 1. The van der Waals surface area contributed by atoms with Crippen LogP contribution in [0.15, 0.2) is 24.4 Å². The molecule has 17 nitrogen and oxygen atoms in total. The Kier molecular flexibility index (Phi) is 18.4. The Balaban J connectivity index is 0.000000169. The van der Waals surface area contributed by atoms with Crippen molar-refractivity contribution in [3.63, 3.8) is 0 Å². The first-order chi connectivity index (χ1) is 39.4. The van der Waals surface area contributed by atoms with E-state index in [2.05, 4.69) is 9.88 Å². The lowest BCUT2D eigenvalue weighted by Gasteiger charge is -2.46. The molecular weight excluding hydrogens is 1150 g/mol. The third kappa shape index (κ3) is 15.2. The number of ether oxygens (including phenoxy) is 4. The largest absolute Gasteiger partial charge is 0.459 e. The van der Waals surface area contributed by atoms with E-state index in [4.69, 9.17) is 18.9 Å². The zero-order valence-corrected chi connectivity index (χ0v) is 50.9. The zero-order chi connectivity index (χ0) is 63.9. The number of hydrogen-bond acceptors (Lipinski definition) is 13. The topological polar surface area (TPSA) is 186 Å². The monoisotopic (exact) mass is 1230 g/mol. The molecule has 8 heterocycles. The highest BCUT2D eigenvalue weighted by Crippen LogP contribution is 2.54. The molecule has 4 amide bonds. The molecular formula is C60H83F9N6O11. The Bertz CT molecular complexity index is 2700. The zero-order valence-electron chi connectivity index (χ0n) is 50.9. The number of likely N-dealkylation sites (tertiary alicyclic amines) is 3. The van der Waals surface area contributed by atoms with Gasteiger partial charge in [0, 0.05) is 44.5 Å². The van der Waals surface area contributed by atoms with Crippen molar-refractivity contribution in [1.82, 2.24) is 29.5 Å². The molecule has 7 aliphatic heterocycles. The van der Waals surface area contributed by atoms with Crippen LogP contribution in [0, 0.1) is 45.8 Å². The number of carbonyl (C=O) groups excluding carboxylic acids is 7. The van der Waals surface area contributed by atoms with Gasteiger partial charge in [-0.2, -0.15) is 39.5 Å². The molecule has 9 fully saturated rings. The van der Waals surface area contributed by atoms with Gasteiger partial charge in [-0.3, -0.25) is 43.6 Å². The average molecular weight is 1240 g/mol. The fourth-order valence-corrected chi connectivity index (χ4v) is 14.7. The number of fused-ring (bicyclic) bond motifs is 6. The number of rotatable bonds is 8. The normalized spacial score (nSPS) is 31.8. The maximum absolute atomic E-state index is 13.0. The summed E-state index contributed by atoms with van der Waals surface area (Å²) in [6.07, 6.45) is -14.2. The minimum absolute atomic E-state index is 0.0690. The first-order valence-corrected chi connectivity index (χ1v) is 29.8.